The highest BCUT2D eigenvalue weighted by Crippen LogP contribution is 2.13. The quantitative estimate of drug-likeness (QED) is 0.842. The van der Waals surface area contributed by atoms with Crippen molar-refractivity contribution >= 4 is 17.6 Å². The van der Waals surface area contributed by atoms with Gasteiger partial charge in [-0.05, 0) is 26.0 Å². The minimum atomic E-state index is 0.555. The topological polar surface area (TPSA) is 62.7 Å². The predicted octanol–water partition coefficient (Wildman–Crippen LogP) is 2.36. The van der Waals surface area contributed by atoms with Crippen LogP contribution in [-0.2, 0) is 0 Å². The van der Waals surface area contributed by atoms with Crippen molar-refractivity contribution in [2.24, 2.45) is 0 Å². The van der Waals surface area contributed by atoms with E-state index in [4.69, 9.17) is 0 Å². The van der Waals surface area contributed by atoms with E-state index in [0.29, 0.717) is 17.7 Å². The number of benzene rings is 1. The number of aryl methyl sites for hydroxylation is 1. The standard InChI is InChI=1S/C12H15N5/c1-3-13-11-14-9(2)15-12(17-11)16-10-7-5-4-6-8-10/h4-8H,3H2,1-2H3,(H2,13,14,15,16,17). The first-order valence-electron chi connectivity index (χ1n) is 5.56. The third-order valence-electron chi connectivity index (χ3n) is 2.11. The van der Waals surface area contributed by atoms with Crippen molar-refractivity contribution < 1.29 is 0 Å². The number of hydrogen-bond acceptors (Lipinski definition) is 5. The van der Waals surface area contributed by atoms with Gasteiger partial charge in [-0.25, -0.2) is 0 Å². The highest BCUT2D eigenvalue weighted by molar-refractivity contribution is 5.53. The molecular formula is C12H15N5. The predicted molar refractivity (Wildman–Crippen MR) is 68.5 cm³/mol. The molecule has 0 fully saturated rings. The second kappa shape index (κ2) is 5.25. The van der Waals surface area contributed by atoms with Crippen molar-refractivity contribution in [2.75, 3.05) is 17.2 Å². The number of hydrogen-bond donors (Lipinski definition) is 2. The zero-order chi connectivity index (χ0) is 12.1. The van der Waals surface area contributed by atoms with Crippen LogP contribution in [0.25, 0.3) is 0 Å². The van der Waals surface area contributed by atoms with E-state index in [1.807, 2.05) is 44.2 Å². The molecule has 5 nitrogen and oxygen atoms in total. The first kappa shape index (κ1) is 11.3. The number of rotatable bonds is 4. The van der Waals surface area contributed by atoms with E-state index in [1.54, 1.807) is 0 Å². The number of anilines is 3. The van der Waals surface area contributed by atoms with Crippen LogP contribution in [0.3, 0.4) is 0 Å². The van der Waals surface area contributed by atoms with Gasteiger partial charge in [-0.2, -0.15) is 15.0 Å². The summed E-state index contributed by atoms with van der Waals surface area (Å²) in [5.41, 5.74) is 0.959. The van der Waals surface area contributed by atoms with Crippen LogP contribution in [0.4, 0.5) is 17.6 Å². The van der Waals surface area contributed by atoms with Crippen LogP contribution in [0.2, 0.25) is 0 Å². The molecule has 1 aromatic carbocycles. The average molecular weight is 229 g/mol. The number of aromatic nitrogens is 3. The Bertz CT molecular complexity index is 484. The molecule has 0 aliphatic heterocycles. The van der Waals surface area contributed by atoms with Gasteiger partial charge in [0.05, 0.1) is 0 Å². The Balaban J connectivity index is 2.21. The largest absolute Gasteiger partial charge is 0.354 e. The van der Waals surface area contributed by atoms with Crippen LogP contribution >= 0.6 is 0 Å². The van der Waals surface area contributed by atoms with E-state index < -0.39 is 0 Å². The number of nitrogens with one attached hydrogen (secondary N) is 2. The zero-order valence-corrected chi connectivity index (χ0v) is 9.94. The molecule has 2 N–H and O–H groups in total. The Labute approximate surface area is 100 Å². The van der Waals surface area contributed by atoms with Crippen molar-refractivity contribution in [1.29, 1.82) is 0 Å². The second-order valence-corrected chi connectivity index (χ2v) is 3.55. The van der Waals surface area contributed by atoms with Crippen molar-refractivity contribution in [3.63, 3.8) is 0 Å². The molecule has 1 aromatic heterocycles. The van der Waals surface area contributed by atoms with Gasteiger partial charge in [0.15, 0.2) is 0 Å². The third kappa shape index (κ3) is 3.14. The Kier molecular flexibility index (Phi) is 3.49. The Hall–Kier alpha value is -2.17. The van der Waals surface area contributed by atoms with Gasteiger partial charge in [0.1, 0.15) is 5.82 Å². The lowest BCUT2D eigenvalue weighted by atomic mass is 10.3. The van der Waals surface area contributed by atoms with E-state index in [9.17, 15) is 0 Å². The summed E-state index contributed by atoms with van der Waals surface area (Å²) in [4.78, 5) is 12.7. The zero-order valence-electron chi connectivity index (χ0n) is 9.94. The fourth-order valence-corrected chi connectivity index (χ4v) is 1.43. The molecule has 0 spiro atoms. The lowest BCUT2D eigenvalue weighted by Gasteiger charge is -2.07. The first-order valence-corrected chi connectivity index (χ1v) is 5.56. The van der Waals surface area contributed by atoms with Crippen LogP contribution in [0, 0.1) is 6.92 Å². The van der Waals surface area contributed by atoms with E-state index in [2.05, 4.69) is 25.6 Å². The first-order chi connectivity index (χ1) is 8.28. The van der Waals surface area contributed by atoms with Crippen LogP contribution in [0.5, 0.6) is 0 Å². The Morgan fingerprint density at radius 3 is 2.41 bits per heavy atom. The van der Waals surface area contributed by atoms with Crippen molar-refractivity contribution in [3.8, 4) is 0 Å². The summed E-state index contributed by atoms with van der Waals surface area (Å²) >= 11 is 0. The van der Waals surface area contributed by atoms with Gasteiger partial charge in [-0.3, -0.25) is 0 Å². The van der Waals surface area contributed by atoms with Crippen LogP contribution in [0.15, 0.2) is 30.3 Å². The molecule has 0 unspecified atom stereocenters. The number of nitrogens with zero attached hydrogens (tertiary/aromatic N) is 3. The minimum Gasteiger partial charge on any atom is -0.354 e. The third-order valence-corrected chi connectivity index (χ3v) is 2.11. The van der Waals surface area contributed by atoms with Crippen molar-refractivity contribution in [2.45, 2.75) is 13.8 Å². The highest BCUT2D eigenvalue weighted by Gasteiger charge is 2.02. The van der Waals surface area contributed by atoms with Gasteiger partial charge in [0, 0.05) is 12.2 Å². The smallest absolute Gasteiger partial charge is 0.232 e. The van der Waals surface area contributed by atoms with Gasteiger partial charge < -0.3 is 10.6 Å². The molecule has 0 aliphatic rings. The lowest BCUT2D eigenvalue weighted by Crippen LogP contribution is -2.07. The summed E-state index contributed by atoms with van der Waals surface area (Å²) in [5, 5.41) is 6.21. The molecule has 0 bridgehead atoms. The SMILES string of the molecule is CCNc1nc(C)nc(Nc2ccccc2)n1. The summed E-state index contributed by atoms with van der Waals surface area (Å²) in [6, 6.07) is 9.81. The van der Waals surface area contributed by atoms with Gasteiger partial charge in [0.2, 0.25) is 11.9 Å². The molecule has 5 heteroatoms. The molecule has 17 heavy (non-hydrogen) atoms. The van der Waals surface area contributed by atoms with E-state index in [0.717, 1.165) is 12.2 Å². The van der Waals surface area contributed by atoms with Gasteiger partial charge in [0.25, 0.3) is 0 Å². The molecule has 0 amide bonds. The fourth-order valence-electron chi connectivity index (χ4n) is 1.43. The van der Waals surface area contributed by atoms with Crippen molar-refractivity contribution in [3.05, 3.63) is 36.2 Å². The summed E-state index contributed by atoms with van der Waals surface area (Å²) in [6.45, 7) is 4.64. The summed E-state index contributed by atoms with van der Waals surface area (Å²) in [6.07, 6.45) is 0. The Morgan fingerprint density at radius 2 is 1.71 bits per heavy atom. The maximum atomic E-state index is 4.27. The maximum absolute atomic E-state index is 4.27. The molecule has 88 valence electrons. The minimum absolute atomic E-state index is 0.555. The van der Waals surface area contributed by atoms with Crippen LogP contribution in [-0.4, -0.2) is 21.5 Å². The summed E-state index contributed by atoms with van der Waals surface area (Å²) in [5.74, 6) is 1.84. The van der Waals surface area contributed by atoms with E-state index >= 15 is 0 Å². The second-order valence-electron chi connectivity index (χ2n) is 3.55. The molecule has 0 radical (unpaired) electrons. The molecule has 1 heterocycles. The maximum Gasteiger partial charge on any atom is 0.232 e. The van der Waals surface area contributed by atoms with E-state index in [-0.39, 0.29) is 0 Å². The molecule has 0 atom stereocenters. The molecule has 0 saturated carbocycles. The average Bonchev–Trinajstić information content (AvgIpc) is 2.30. The molecule has 0 saturated heterocycles. The number of para-hydroxylation sites is 1. The fraction of sp³-hybridized carbons (Fsp3) is 0.250. The molecule has 2 aromatic rings. The highest BCUT2D eigenvalue weighted by atomic mass is 15.2. The molecule has 2 rings (SSSR count). The van der Waals surface area contributed by atoms with Gasteiger partial charge in [-0.15, -0.1) is 0 Å². The molecule has 0 aliphatic carbocycles. The van der Waals surface area contributed by atoms with Gasteiger partial charge in [-0.1, -0.05) is 18.2 Å². The van der Waals surface area contributed by atoms with Gasteiger partial charge >= 0.3 is 0 Å². The lowest BCUT2D eigenvalue weighted by molar-refractivity contribution is 0.968. The monoisotopic (exact) mass is 229 g/mol. The Morgan fingerprint density at radius 1 is 1.00 bits per heavy atom. The normalized spacial score (nSPS) is 10.0. The van der Waals surface area contributed by atoms with Crippen LogP contribution < -0.4 is 10.6 Å². The summed E-state index contributed by atoms with van der Waals surface area (Å²) < 4.78 is 0. The van der Waals surface area contributed by atoms with Crippen molar-refractivity contribution in [1.82, 2.24) is 15.0 Å². The molecular weight excluding hydrogens is 214 g/mol. The summed E-state index contributed by atoms with van der Waals surface area (Å²) in [7, 11) is 0. The van der Waals surface area contributed by atoms with Crippen LogP contribution in [0.1, 0.15) is 12.7 Å². The van der Waals surface area contributed by atoms with E-state index in [1.165, 1.54) is 0 Å².